The fourth-order valence-corrected chi connectivity index (χ4v) is 3.26. The minimum Gasteiger partial charge on any atom is -0.444 e. The van der Waals surface area contributed by atoms with Crippen LogP contribution in [0.25, 0.3) is 11.3 Å². The summed E-state index contributed by atoms with van der Waals surface area (Å²) in [5.74, 6) is 0.335. The molecule has 0 unspecified atom stereocenters. The third kappa shape index (κ3) is 5.24. The molecule has 0 spiro atoms. The molecule has 1 saturated heterocycles. The van der Waals surface area contributed by atoms with Gasteiger partial charge in [0.25, 0.3) is 0 Å². The van der Waals surface area contributed by atoms with Crippen LogP contribution >= 0.6 is 15.9 Å². The van der Waals surface area contributed by atoms with Crippen molar-refractivity contribution in [3.05, 3.63) is 23.2 Å². The number of ether oxygens (including phenoxy) is 2. The van der Waals surface area contributed by atoms with Crippen LogP contribution in [0.15, 0.2) is 23.2 Å². The maximum absolute atomic E-state index is 12.7. The lowest BCUT2D eigenvalue weighted by atomic mass is 10.0. The SMILES string of the molecule is CC(C)(C)OC(=O)N1C[C@@H](Cn2cc(-c3cnc(N)c(Br)n3)cn2)OCC1(C)C. The van der Waals surface area contributed by atoms with Crippen LogP contribution in [0.3, 0.4) is 0 Å². The first-order chi connectivity index (χ1) is 13.4. The smallest absolute Gasteiger partial charge is 0.410 e. The summed E-state index contributed by atoms with van der Waals surface area (Å²) >= 11 is 3.29. The molecule has 2 aromatic heterocycles. The molecule has 3 heterocycles. The highest BCUT2D eigenvalue weighted by molar-refractivity contribution is 9.10. The van der Waals surface area contributed by atoms with Crippen LogP contribution in [-0.4, -0.2) is 61.1 Å². The average molecular weight is 467 g/mol. The number of amides is 1. The Morgan fingerprint density at radius 1 is 1.41 bits per heavy atom. The number of hydrogen-bond donors (Lipinski definition) is 1. The Kier molecular flexibility index (Phi) is 5.86. The summed E-state index contributed by atoms with van der Waals surface area (Å²) in [5, 5.41) is 4.39. The van der Waals surface area contributed by atoms with Crippen LogP contribution in [0.4, 0.5) is 10.6 Å². The predicted octanol–water partition coefficient (Wildman–Crippen LogP) is 3.10. The Balaban J connectivity index is 1.70. The van der Waals surface area contributed by atoms with Gasteiger partial charge < -0.3 is 15.2 Å². The zero-order valence-electron chi connectivity index (χ0n) is 17.3. The van der Waals surface area contributed by atoms with Gasteiger partial charge >= 0.3 is 6.09 Å². The average Bonchev–Trinajstić information content (AvgIpc) is 3.05. The van der Waals surface area contributed by atoms with Gasteiger partial charge in [0.2, 0.25) is 0 Å². The maximum atomic E-state index is 12.7. The van der Waals surface area contributed by atoms with E-state index >= 15 is 0 Å². The second kappa shape index (κ2) is 7.91. The molecule has 29 heavy (non-hydrogen) atoms. The molecule has 2 N–H and O–H groups in total. The summed E-state index contributed by atoms with van der Waals surface area (Å²) in [6.07, 6.45) is 4.65. The van der Waals surface area contributed by atoms with E-state index in [9.17, 15) is 4.79 Å². The largest absolute Gasteiger partial charge is 0.444 e. The highest BCUT2D eigenvalue weighted by Crippen LogP contribution is 2.26. The summed E-state index contributed by atoms with van der Waals surface area (Å²) in [6.45, 7) is 10.9. The molecule has 158 valence electrons. The Morgan fingerprint density at radius 2 is 2.14 bits per heavy atom. The number of nitrogens with zero attached hydrogens (tertiary/aromatic N) is 5. The predicted molar refractivity (Wildman–Crippen MR) is 112 cm³/mol. The number of hydrogen-bond acceptors (Lipinski definition) is 7. The van der Waals surface area contributed by atoms with Crippen LogP contribution in [0.2, 0.25) is 0 Å². The minimum absolute atomic E-state index is 0.201. The van der Waals surface area contributed by atoms with Crippen LogP contribution in [0.1, 0.15) is 34.6 Å². The van der Waals surface area contributed by atoms with E-state index in [1.54, 1.807) is 22.0 Å². The van der Waals surface area contributed by atoms with Crippen molar-refractivity contribution < 1.29 is 14.3 Å². The molecule has 0 saturated carbocycles. The van der Waals surface area contributed by atoms with Crippen molar-refractivity contribution in [1.82, 2.24) is 24.6 Å². The summed E-state index contributed by atoms with van der Waals surface area (Å²) in [6, 6.07) is 0. The Hall–Kier alpha value is -2.20. The zero-order valence-corrected chi connectivity index (χ0v) is 18.9. The van der Waals surface area contributed by atoms with Gasteiger partial charge in [0, 0.05) is 11.8 Å². The zero-order chi connectivity index (χ0) is 21.4. The van der Waals surface area contributed by atoms with Gasteiger partial charge in [-0.15, -0.1) is 0 Å². The van der Waals surface area contributed by atoms with Crippen molar-refractivity contribution in [1.29, 1.82) is 0 Å². The molecule has 1 fully saturated rings. The van der Waals surface area contributed by atoms with E-state index in [1.165, 1.54) is 0 Å². The molecule has 0 aliphatic carbocycles. The Bertz CT molecular complexity index is 892. The van der Waals surface area contributed by atoms with E-state index in [1.807, 2.05) is 40.8 Å². The number of carbonyl (C=O) groups excluding carboxylic acids is 1. The number of nitrogen functional groups attached to an aromatic ring is 1. The maximum Gasteiger partial charge on any atom is 0.410 e. The topological polar surface area (TPSA) is 108 Å². The second-order valence-corrected chi connectivity index (χ2v) is 9.47. The van der Waals surface area contributed by atoms with E-state index in [0.29, 0.717) is 35.8 Å². The van der Waals surface area contributed by atoms with Crippen LogP contribution in [0.5, 0.6) is 0 Å². The molecular weight excluding hydrogens is 440 g/mol. The lowest BCUT2D eigenvalue weighted by molar-refractivity contribution is -0.103. The molecule has 9 nitrogen and oxygen atoms in total. The van der Waals surface area contributed by atoms with Gasteiger partial charge in [-0.3, -0.25) is 9.58 Å². The third-order valence-electron chi connectivity index (χ3n) is 4.48. The van der Waals surface area contributed by atoms with Crippen LogP contribution < -0.4 is 5.73 Å². The van der Waals surface area contributed by atoms with Crippen molar-refractivity contribution in [3.8, 4) is 11.3 Å². The van der Waals surface area contributed by atoms with Crippen molar-refractivity contribution in [3.63, 3.8) is 0 Å². The summed E-state index contributed by atoms with van der Waals surface area (Å²) < 4.78 is 13.8. The molecule has 1 atom stereocenters. The van der Waals surface area contributed by atoms with E-state index in [4.69, 9.17) is 15.2 Å². The third-order valence-corrected chi connectivity index (χ3v) is 5.06. The van der Waals surface area contributed by atoms with E-state index in [-0.39, 0.29) is 12.2 Å². The van der Waals surface area contributed by atoms with E-state index in [2.05, 4.69) is 31.0 Å². The van der Waals surface area contributed by atoms with E-state index < -0.39 is 11.1 Å². The highest BCUT2D eigenvalue weighted by atomic mass is 79.9. The molecule has 1 aliphatic rings. The fourth-order valence-electron chi connectivity index (χ4n) is 2.97. The second-order valence-electron chi connectivity index (χ2n) is 8.72. The molecule has 3 rings (SSSR count). The molecular formula is C19H27BrN6O3. The van der Waals surface area contributed by atoms with Crippen molar-refractivity contribution in [2.45, 2.75) is 58.4 Å². The summed E-state index contributed by atoms with van der Waals surface area (Å²) in [4.78, 5) is 22.9. The molecule has 1 aliphatic heterocycles. The monoisotopic (exact) mass is 466 g/mol. The number of carbonyl (C=O) groups is 1. The molecule has 0 bridgehead atoms. The molecule has 0 radical (unpaired) electrons. The first kappa shape index (κ1) is 21.5. The van der Waals surface area contributed by atoms with Crippen LogP contribution in [0, 0.1) is 0 Å². The van der Waals surface area contributed by atoms with Gasteiger partial charge in [-0.1, -0.05) is 0 Å². The van der Waals surface area contributed by atoms with Crippen molar-refractivity contribution in [2.75, 3.05) is 18.9 Å². The summed E-state index contributed by atoms with van der Waals surface area (Å²) in [7, 11) is 0. The quantitative estimate of drug-likeness (QED) is 0.739. The number of nitrogens with two attached hydrogens (primary N) is 1. The van der Waals surface area contributed by atoms with Gasteiger partial charge in [-0.25, -0.2) is 14.8 Å². The lowest BCUT2D eigenvalue weighted by Gasteiger charge is -2.45. The number of rotatable bonds is 3. The number of anilines is 1. The van der Waals surface area contributed by atoms with Gasteiger partial charge in [-0.2, -0.15) is 5.10 Å². The van der Waals surface area contributed by atoms with E-state index in [0.717, 1.165) is 5.56 Å². The first-order valence-electron chi connectivity index (χ1n) is 9.38. The van der Waals surface area contributed by atoms with Crippen molar-refractivity contribution >= 4 is 27.8 Å². The van der Waals surface area contributed by atoms with Gasteiger partial charge in [-0.05, 0) is 50.5 Å². The Morgan fingerprint density at radius 3 is 2.79 bits per heavy atom. The molecule has 10 heteroatoms. The number of morpholine rings is 1. The number of halogens is 1. The minimum atomic E-state index is -0.549. The molecule has 2 aromatic rings. The number of aromatic nitrogens is 4. The molecule has 0 aromatic carbocycles. The highest BCUT2D eigenvalue weighted by Gasteiger charge is 2.40. The first-order valence-corrected chi connectivity index (χ1v) is 10.2. The van der Waals surface area contributed by atoms with Gasteiger partial charge in [0.15, 0.2) is 5.82 Å². The normalized spacial score (nSPS) is 19.2. The molecule has 1 amide bonds. The van der Waals surface area contributed by atoms with Crippen molar-refractivity contribution in [2.24, 2.45) is 0 Å². The lowest BCUT2D eigenvalue weighted by Crippen LogP contribution is -2.59. The Labute approximate surface area is 178 Å². The summed E-state index contributed by atoms with van der Waals surface area (Å²) in [5.41, 5.74) is 6.18. The van der Waals surface area contributed by atoms with Gasteiger partial charge in [0.05, 0.1) is 49.4 Å². The van der Waals surface area contributed by atoms with Gasteiger partial charge in [0.1, 0.15) is 10.2 Å². The van der Waals surface area contributed by atoms with Crippen LogP contribution in [-0.2, 0) is 16.0 Å². The standard InChI is InChI=1S/C19H27BrN6O3/c1-18(2,3)29-17(27)26-10-13(28-11-19(26,4)5)9-25-8-12(6-23-25)14-7-22-16(21)15(20)24-14/h6-8,13H,9-11H2,1-5H3,(H2,21,22)/t13-/m1/s1. The fraction of sp³-hybridized carbons (Fsp3) is 0.579.